The Morgan fingerprint density at radius 2 is 2.29 bits per heavy atom. The normalized spacial score (nSPS) is 16.2. The molecule has 3 rings (SSSR count). The average molecular weight is 289 g/mol. The zero-order valence-corrected chi connectivity index (χ0v) is 12.5. The van der Waals surface area contributed by atoms with E-state index in [1.807, 2.05) is 6.07 Å². The van der Waals surface area contributed by atoms with Crippen molar-refractivity contribution in [2.75, 3.05) is 13.7 Å². The molecule has 1 amide bonds. The molecule has 2 heterocycles. The lowest BCUT2D eigenvalue weighted by atomic mass is 10.1. The number of aliphatic hydroxyl groups is 1. The minimum Gasteiger partial charge on any atom is -0.394 e. The van der Waals surface area contributed by atoms with Gasteiger partial charge in [-0.05, 0) is 32.8 Å². The lowest BCUT2D eigenvalue weighted by molar-refractivity contribution is 0.0684. The van der Waals surface area contributed by atoms with Crippen LogP contribution in [0.25, 0.3) is 11.1 Å². The number of rotatable bonds is 4. The van der Waals surface area contributed by atoms with E-state index in [1.165, 1.54) is 4.90 Å². The molecule has 1 saturated carbocycles. The van der Waals surface area contributed by atoms with Crippen molar-refractivity contribution < 1.29 is 14.4 Å². The third-order valence-electron chi connectivity index (χ3n) is 4.11. The molecule has 1 aliphatic rings. The summed E-state index contributed by atoms with van der Waals surface area (Å²) in [6.45, 7) is 3.53. The van der Waals surface area contributed by atoms with Crippen LogP contribution in [0.5, 0.6) is 0 Å². The van der Waals surface area contributed by atoms with Crippen LogP contribution in [0.3, 0.4) is 0 Å². The van der Waals surface area contributed by atoms with Crippen molar-refractivity contribution in [3.8, 4) is 0 Å². The number of aliphatic hydroxyl groups excluding tert-OH is 1. The summed E-state index contributed by atoms with van der Waals surface area (Å²) in [7, 11) is 1.69. The van der Waals surface area contributed by atoms with Gasteiger partial charge in [0.25, 0.3) is 11.6 Å². The van der Waals surface area contributed by atoms with Gasteiger partial charge in [0, 0.05) is 18.7 Å². The van der Waals surface area contributed by atoms with Gasteiger partial charge >= 0.3 is 0 Å². The Morgan fingerprint density at radius 3 is 2.90 bits per heavy atom. The maximum atomic E-state index is 12.7. The molecular weight excluding hydrogens is 270 g/mol. The third-order valence-corrected chi connectivity index (χ3v) is 4.11. The van der Waals surface area contributed by atoms with E-state index in [-0.39, 0.29) is 18.6 Å². The molecule has 6 heteroatoms. The summed E-state index contributed by atoms with van der Waals surface area (Å²) in [5, 5.41) is 13.8. The number of hydrogen-bond donors (Lipinski definition) is 1. The summed E-state index contributed by atoms with van der Waals surface area (Å²) in [6.07, 6.45) is 2.20. The third kappa shape index (κ3) is 2.40. The molecule has 0 aromatic carbocycles. The molecule has 112 valence electrons. The Morgan fingerprint density at radius 1 is 1.57 bits per heavy atom. The van der Waals surface area contributed by atoms with Crippen molar-refractivity contribution in [1.82, 2.24) is 15.0 Å². The van der Waals surface area contributed by atoms with Crippen molar-refractivity contribution in [1.29, 1.82) is 0 Å². The van der Waals surface area contributed by atoms with Crippen LogP contribution in [0.1, 0.15) is 47.4 Å². The second-order valence-corrected chi connectivity index (χ2v) is 5.76. The van der Waals surface area contributed by atoms with Crippen molar-refractivity contribution >= 4 is 17.0 Å². The maximum Gasteiger partial charge on any atom is 0.259 e. The highest BCUT2D eigenvalue weighted by molar-refractivity contribution is 6.06. The largest absolute Gasteiger partial charge is 0.394 e. The van der Waals surface area contributed by atoms with Gasteiger partial charge in [-0.3, -0.25) is 4.79 Å². The summed E-state index contributed by atoms with van der Waals surface area (Å²) >= 11 is 0. The van der Waals surface area contributed by atoms with E-state index in [4.69, 9.17) is 4.52 Å². The quantitative estimate of drug-likeness (QED) is 0.929. The highest BCUT2D eigenvalue weighted by atomic mass is 16.5. The number of carbonyl (C=O) groups is 1. The predicted molar refractivity (Wildman–Crippen MR) is 77.2 cm³/mol. The minimum atomic E-state index is -0.245. The predicted octanol–water partition coefficient (Wildman–Crippen LogP) is 1.86. The van der Waals surface area contributed by atoms with Gasteiger partial charge in [-0.25, -0.2) is 4.98 Å². The molecule has 0 radical (unpaired) electrons. The number of amides is 1. The van der Waals surface area contributed by atoms with Gasteiger partial charge in [0.15, 0.2) is 0 Å². The zero-order valence-electron chi connectivity index (χ0n) is 12.5. The van der Waals surface area contributed by atoms with Crippen molar-refractivity contribution in [3.05, 3.63) is 23.0 Å². The van der Waals surface area contributed by atoms with Crippen LogP contribution in [0.4, 0.5) is 0 Å². The molecule has 0 saturated heterocycles. The van der Waals surface area contributed by atoms with E-state index in [0.29, 0.717) is 28.3 Å². The van der Waals surface area contributed by atoms with Crippen LogP contribution in [-0.2, 0) is 0 Å². The molecule has 1 atom stereocenters. The average Bonchev–Trinajstić information content (AvgIpc) is 3.28. The number of aromatic nitrogens is 2. The van der Waals surface area contributed by atoms with Crippen molar-refractivity contribution in [2.45, 2.75) is 38.6 Å². The first-order valence-electron chi connectivity index (χ1n) is 7.18. The molecule has 1 fully saturated rings. The Balaban J connectivity index is 2.10. The van der Waals surface area contributed by atoms with Gasteiger partial charge in [-0.1, -0.05) is 5.16 Å². The minimum absolute atomic E-state index is 0.0748. The molecule has 0 spiro atoms. The van der Waals surface area contributed by atoms with Gasteiger partial charge < -0.3 is 14.5 Å². The first-order chi connectivity index (χ1) is 10.0. The highest BCUT2D eigenvalue weighted by Crippen LogP contribution is 2.40. The molecule has 1 unspecified atom stereocenters. The van der Waals surface area contributed by atoms with Crippen molar-refractivity contribution in [3.63, 3.8) is 0 Å². The summed E-state index contributed by atoms with van der Waals surface area (Å²) in [5.74, 6) is 0.282. The molecule has 2 aromatic rings. The SMILES string of the molecule is Cc1noc2nc(C3CC3)cc(C(=O)N(C)C(C)CO)c12. The summed E-state index contributed by atoms with van der Waals surface area (Å²) in [4.78, 5) is 18.7. The lowest BCUT2D eigenvalue weighted by Crippen LogP contribution is -2.37. The van der Waals surface area contributed by atoms with Crippen LogP contribution >= 0.6 is 0 Å². The summed E-state index contributed by atoms with van der Waals surface area (Å²) in [5.41, 5.74) is 2.54. The molecule has 6 nitrogen and oxygen atoms in total. The number of likely N-dealkylation sites (N-methyl/N-ethyl adjacent to an activating group) is 1. The fraction of sp³-hybridized carbons (Fsp3) is 0.533. The Bertz CT molecular complexity index is 691. The van der Waals surface area contributed by atoms with E-state index >= 15 is 0 Å². The summed E-state index contributed by atoms with van der Waals surface area (Å²) < 4.78 is 5.24. The second kappa shape index (κ2) is 5.11. The number of carbonyl (C=O) groups excluding carboxylic acids is 1. The van der Waals surface area contributed by atoms with Crippen LogP contribution in [0, 0.1) is 6.92 Å². The van der Waals surface area contributed by atoms with Crippen LogP contribution in [0.15, 0.2) is 10.6 Å². The fourth-order valence-electron chi connectivity index (χ4n) is 2.38. The Labute approximate surface area is 122 Å². The summed E-state index contributed by atoms with van der Waals surface area (Å²) in [6, 6.07) is 1.61. The van der Waals surface area contributed by atoms with Gasteiger partial charge in [0.2, 0.25) is 0 Å². The smallest absolute Gasteiger partial charge is 0.259 e. The van der Waals surface area contributed by atoms with E-state index in [2.05, 4.69) is 10.1 Å². The number of fused-ring (bicyclic) bond motifs is 1. The molecule has 2 aromatic heterocycles. The number of hydrogen-bond acceptors (Lipinski definition) is 5. The van der Waals surface area contributed by atoms with Crippen LogP contribution in [-0.4, -0.2) is 45.8 Å². The van der Waals surface area contributed by atoms with E-state index in [0.717, 1.165) is 18.5 Å². The molecule has 1 N–H and O–H groups in total. The molecule has 0 bridgehead atoms. The number of nitrogens with zero attached hydrogens (tertiary/aromatic N) is 3. The van der Waals surface area contributed by atoms with Gasteiger partial charge in [-0.2, -0.15) is 0 Å². The second-order valence-electron chi connectivity index (χ2n) is 5.76. The monoisotopic (exact) mass is 289 g/mol. The lowest BCUT2D eigenvalue weighted by Gasteiger charge is -2.23. The Hall–Kier alpha value is -1.95. The van der Waals surface area contributed by atoms with Gasteiger partial charge in [0.05, 0.1) is 29.3 Å². The number of aryl methyl sites for hydroxylation is 1. The first-order valence-corrected chi connectivity index (χ1v) is 7.18. The first kappa shape index (κ1) is 14.0. The zero-order chi connectivity index (χ0) is 15.1. The van der Waals surface area contributed by atoms with Crippen LogP contribution in [0.2, 0.25) is 0 Å². The standard InChI is InChI=1S/C15H19N3O3/c1-8(7-19)18(3)15(20)11-6-12(10-4-5-10)16-14-13(11)9(2)17-21-14/h6,8,10,19H,4-5,7H2,1-3H3. The topological polar surface area (TPSA) is 79.5 Å². The molecule has 1 aliphatic carbocycles. The highest BCUT2D eigenvalue weighted by Gasteiger charge is 2.29. The maximum absolute atomic E-state index is 12.7. The van der Waals surface area contributed by atoms with E-state index in [1.54, 1.807) is 20.9 Å². The van der Waals surface area contributed by atoms with Crippen molar-refractivity contribution in [2.24, 2.45) is 0 Å². The van der Waals surface area contributed by atoms with Crippen LogP contribution < -0.4 is 0 Å². The Kier molecular flexibility index (Phi) is 3.41. The fourth-order valence-corrected chi connectivity index (χ4v) is 2.38. The molecule has 0 aliphatic heterocycles. The van der Waals surface area contributed by atoms with Gasteiger partial charge in [0.1, 0.15) is 0 Å². The number of pyridine rings is 1. The van der Waals surface area contributed by atoms with Gasteiger partial charge in [-0.15, -0.1) is 0 Å². The van der Waals surface area contributed by atoms with E-state index < -0.39 is 0 Å². The molecule has 21 heavy (non-hydrogen) atoms. The van der Waals surface area contributed by atoms with E-state index in [9.17, 15) is 9.90 Å². The molecular formula is C15H19N3O3.